The molecule has 0 radical (unpaired) electrons. The maximum Gasteiger partial charge on any atom is 0.244 e. The fraction of sp³-hybridized carbons (Fsp3) is 0.286. The van der Waals surface area contributed by atoms with E-state index in [9.17, 15) is 4.79 Å². The van der Waals surface area contributed by atoms with Crippen LogP contribution in [0.2, 0.25) is 5.02 Å². The average molecular weight is 428 g/mol. The molecule has 30 heavy (non-hydrogen) atoms. The maximum absolute atomic E-state index is 12.6. The number of anilines is 2. The molecule has 1 amide bonds. The number of morpholine rings is 1. The number of rotatable bonds is 6. The predicted octanol–water partition coefficient (Wildman–Crippen LogP) is 3.08. The summed E-state index contributed by atoms with van der Waals surface area (Å²) in [4.78, 5) is 23.7. The largest absolute Gasteiger partial charge is 0.495 e. The van der Waals surface area contributed by atoms with Crippen molar-refractivity contribution in [2.45, 2.75) is 6.54 Å². The fourth-order valence-corrected chi connectivity index (χ4v) is 3.58. The SMILES string of the molecule is COc1ccc(NC(=O)Cn2ccnc2-c2ccnc(N3CCOCC3)c2)cc1Cl. The van der Waals surface area contributed by atoms with E-state index in [0.717, 1.165) is 24.5 Å². The molecule has 3 heterocycles. The molecular weight excluding hydrogens is 406 g/mol. The van der Waals surface area contributed by atoms with Crippen LogP contribution < -0.4 is 15.0 Å². The van der Waals surface area contributed by atoms with Crippen LogP contribution in [-0.4, -0.2) is 53.9 Å². The van der Waals surface area contributed by atoms with Crippen molar-refractivity contribution in [2.24, 2.45) is 0 Å². The molecule has 0 saturated carbocycles. The highest BCUT2D eigenvalue weighted by molar-refractivity contribution is 6.32. The summed E-state index contributed by atoms with van der Waals surface area (Å²) in [6, 6.07) is 9.00. The van der Waals surface area contributed by atoms with Crippen molar-refractivity contribution in [2.75, 3.05) is 43.6 Å². The molecule has 0 unspecified atom stereocenters. The average Bonchev–Trinajstić information content (AvgIpc) is 3.22. The Kier molecular flexibility index (Phi) is 6.15. The molecule has 0 bridgehead atoms. The molecular formula is C21H22ClN5O3. The van der Waals surface area contributed by atoms with Gasteiger partial charge in [0, 0.05) is 42.9 Å². The molecule has 4 rings (SSSR count). The van der Waals surface area contributed by atoms with Gasteiger partial charge in [-0.3, -0.25) is 4.79 Å². The van der Waals surface area contributed by atoms with Gasteiger partial charge in [-0.25, -0.2) is 9.97 Å². The zero-order chi connectivity index (χ0) is 20.9. The Morgan fingerprint density at radius 1 is 1.20 bits per heavy atom. The third-order valence-corrected chi connectivity index (χ3v) is 5.10. The summed E-state index contributed by atoms with van der Waals surface area (Å²) in [5.41, 5.74) is 1.50. The van der Waals surface area contributed by atoms with Gasteiger partial charge < -0.3 is 24.3 Å². The second-order valence-electron chi connectivity index (χ2n) is 6.78. The number of nitrogens with one attached hydrogen (secondary N) is 1. The van der Waals surface area contributed by atoms with E-state index in [-0.39, 0.29) is 12.5 Å². The molecule has 3 aromatic rings. The van der Waals surface area contributed by atoms with Gasteiger partial charge in [-0.05, 0) is 30.3 Å². The smallest absolute Gasteiger partial charge is 0.244 e. The maximum atomic E-state index is 12.6. The first kappa shape index (κ1) is 20.2. The van der Waals surface area contributed by atoms with Gasteiger partial charge in [-0.1, -0.05) is 11.6 Å². The molecule has 156 valence electrons. The van der Waals surface area contributed by atoms with Gasteiger partial charge in [0.15, 0.2) is 0 Å². The lowest BCUT2D eigenvalue weighted by Crippen LogP contribution is -2.36. The Morgan fingerprint density at radius 3 is 2.80 bits per heavy atom. The number of amides is 1. The molecule has 1 saturated heterocycles. The van der Waals surface area contributed by atoms with Gasteiger partial charge in [0.1, 0.15) is 23.9 Å². The number of halogens is 1. The van der Waals surface area contributed by atoms with Crippen LogP contribution in [-0.2, 0) is 16.1 Å². The third kappa shape index (κ3) is 4.55. The van der Waals surface area contributed by atoms with E-state index in [2.05, 4.69) is 20.2 Å². The number of carbonyl (C=O) groups excluding carboxylic acids is 1. The van der Waals surface area contributed by atoms with Crippen LogP contribution in [0.1, 0.15) is 0 Å². The van der Waals surface area contributed by atoms with Gasteiger partial charge in [0.25, 0.3) is 0 Å². The van der Waals surface area contributed by atoms with E-state index >= 15 is 0 Å². The Balaban J connectivity index is 1.48. The van der Waals surface area contributed by atoms with Crippen LogP contribution in [0.15, 0.2) is 48.9 Å². The molecule has 1 aromatic carbocycles. The van der Waals surface area contributed by atoms with E-state index in [1.807, 2.05) is 12.1 Å². The molecule has 1 aliphatic rings. The molecule has 1 aliphatic heterocycles. The number of benzene rings is 1. The van der Waals surface area contributed by atoms with Gasteiger partial charge in [-0.2, -0.15) is 0 Å². The number of imidazole rings is 1. The number of methoxy groups -OCH3 is 1. The molecule has 1 N–H and O–H groups in total. The lowest BCUT2D eigenvalue weighted by atomic mass is 10.2. The van der Waals surface area contributed by atoms with Gasteiger partial charge >= 0.3 is 0 Å². The summed E-state index contributed by atoms with van der Waals surface area (Å²) >= 11 is 6.13. The summed E-state index contributed by atoms with van der Waals surface area (Å²) < 4.78 is 12.4. The quantitative estimate of drug-likeness (QED) is 0.651. The summed E-state index contributed by atoms with van der Waals surface area (Å²) in [7, 11) is 1.55. The van der Waals surface area contributed by atoms with E-state index in [4.69, 9.17) is 21.1 Å². The van der Waals surface area contributed by atoms with Crippen LogP contribution >= 0.6 is 11.6 Å². The third-order valence-electron chi connectivity index (χ3n) is 4.80. The normalized spacial score (nSPS) is 13.9. The molecule has 0 atom stereocenters. The number of hydrogen-bond donors (Lipinski definition) is 1. The second-order valence-corrected chi connectivity index (χ2v) is 7.19. The molecule has 0 aliphatic carbocycles. The van der Waals surface area contributed by atoms with Crippen LogP contribution in [0, 0.1) is 0 Å². The topological polar surface area (TPSA) is 81.5 Å². The van der Waals surface area contributed by atoms with Crippen molar-refractivity contribution in [3.63, 3.8) is 0 Å². The van der Waals surface area contributed by atoms with Crippen molar-refractivity contribution in [1.29, 1.82) is 0 Å². The van der Waals surface area contributed by atoms with Crippen molar-refractivity contribution < 1.29 is 14.3 Å². The van der Waals surface area contributed by atoms with E-state index in [1.54, 1.807) is 48.5 Å². The van der Waals surface area contributed by atoms with Crippen molar-refractivity contribution >= 4 is 29.0 Å². The Bertz CT molecular complexity index is 1030. The lowest BCUT2D eigenvalue weighted by Gasteiger charge is -2.28. The fourth-order valence-electron chi connectivity index (χ4n) is 3.32. The Morgan fingerprint density at radius 2 is 2.03 bits per heavy atom. The number of hydrogen-bond acceptors (Lipinski definition) is 6. The van der Waals surface area contributed by atoms with Crippen LogP contribution in [0.25, 0.3) is 11.4 Å². The predicted molar refractivity (Wildman–Crippen MR) is 115 cm³/mol. The molecule has 9 heteroatoms. The first-order chi connectivity index (χ1) is 14.6. The molecule has 2 aromatic heterocycles. The van der Waals surface area contributed by atoms with Crippen molar-refractivity contribution in [3.8, 4) is 17.1 Å². The monoisotopic (exact) mass is 427 g/mol. The van der Waals surface area contributed by atoms with Crippen molar-refractivity contribution in [1.82, 2.24) is 14.5 Å². The number of aromatic nitrogens is 3. The van der Waals surface area contributed by atoms with Gasteiger partial charge in [-0.15, -0.1) is 0 Å². The first-order valence-electron chi connectivity index (χ1n) is 9.57. The standard InChI is InChI=1S/C21H22ClN5O3/c1-29-18-3-2-16(13-17(18)22)25-20(28)14-27-7-6-24-21(27)15-4-5-23-19(12-15)26-8-10-30-11-9-26/h2-7,12-13H,8-11,14H2,1H3,(H,25,28). The Hall–Kier alpha value is -3.10. The highest BCUT2D eigenvalue weighted by atomic mass is 35.5. The summed E-state index contributed by atoms with van der Waals surface area (Å²) in [5, 5.41) is 3.29. The minimum absolute atomic E-state index is 0.119. The number of nitrogens with zero attached hydrogens (tertiary/aromatic N) is 4. The van der Waals surface area contributed by atoms with Crippen LogP contribution in [0.4, 0.5) is 11.5 Å². The number of pyridine rings is 1. The summed E-state index contributed by atoms with van der Waals surface area (Å²) in [6.45, 7) is 3.11. The molecule has 0 spiro atoms. The zero-order valence-corrected chi connectivity index (χ0v) is 17.3. The zero-order valence-electron chi connectivity index (χ0n) is 16.5. The molecule has 1 fully saturated rings. The summed E-state index contributed by atoms with van der Waals surface area (Å²) in [5.74, 6) is 1.95. The van der Waals surface area contributed by atoms with Crippen molar-refractivity contribution in [3.05, 3.63) is 53.9 Å². The van der Waals surface area contributed by atoms with E-state index in [1.165, 1.54) is 0 Å². The van der Waals surface area contributed by atoms with Gasteiger partial charge in [0.05, 0.1) is 25.3 Å². The van der Waals surface area contributed by atoms with E-state index < -0.39 is 0 Å². The van der Waals surface area contributed by atoms with Crippen LogP contribution in [0.3, 0.4) is 0 Å². The number of carbonyl (C=O) groups is 1. The Labute approximate surface area is 179 Å². The highest BCUT2D eigenvalue weighted by Gasteiger charge is 2.15. The minimum atomic E-state index is -0.182. The molecule has 8 nitrogen and oxygen atoms in total. The first-order valence-corrected chi connectivity index (χ1v) is 9.95. The number of ether oxygens (including phenoxy) is 2. The second kappa shape index (κ2) is 9.15. The minimum Gasteiger partial charge on any atom is -0.495 e. The van der Waals surface area contributed by atoms with Gasteiger partial charge in [0.2, 0.25) is 5.91 Å². The lowest BCUT2D eigenvalue weighted by molar-refractivity contribution is -0.116. The highest BCUT2D eigenvalue weighted by Crippen LogP contribution is 2.27. The van der Waals surface area contributed by atoms with E-state index in [0.29, 0.717) is 35.5 Å². The summed E-state index contributed by atoms with van der Waals surface area (Å²) in [6.07, 6.45) is 5.23. The van der Waals surface area contributed by atoms with Crippen LogP contribution in [0.5, 0.6) is 5.75 Å².